The Labute approximate surface area is 117 Å². The van der Waals surface area contributed by atoms with E-state index >= 15 is 0 Å². The molecule has 1 aliphatic heterocycles. The molecule has 3 atom stereocenters. The molecule has 2 heterocycles. The van der Waals surface area contributed by atoms with E-state index in [4.69, 9.17) is 0 Å². The van der Waals surface area contributed by atoms with Gasteiger partial charge in [-0.1, -0.05) is 20.3 Å². The Morgan fingerprint density at radius 2 is 2.26 bits per heavy atom. The van der Waals surface area contributed by atoms with Crippen LogP contribution in [-0.2, 0) is 6.54 Å². The minimum atomic E-state index is 0.629. The normalized spacial score (nSPS) is 26.5. The smallest absolute Gasteiger partial charge is 0.105 e. The zero-order valence-corrected chi connectivity index (χ0v) is 12.8. The third-order valence-electron chi connectivity index (χ3n) is 4.61. The molecule has 19 heavy (non-hydrogen) atoms. The van der Waals surface area contributed by atoms with Crippen LogP contribution in [0.1, 0.15) is 33.0 Å². The molecular weight excluding hydrogens is 236 g/mol. The number of piperazine rings is 1. The minimum absolute atomic E-state index is 0.629. The van der Waals surface area contributed by atoms with E-state index in [0.29, 0.717) is 12.1 Å². The van der Waals surface area contributed by atoms with E-state index in [1.54, 1.807) is 0 Å². The van der Waals surface area contributed by atoms with Crippen molar-refractivity contribution in [2.24, 2.45) is 5.92 Å². The first-order valence-electron chi connectivity index (χ1n) is 7.57. The summed E-state index contributed by atoms with van der Waals surface area (Å²) in [6.45, 7) is 13.5. The molecule has 4 heteroatoms. The van der Waals surface area contributed by atoms with Crippen LogP contribution in [0.3, 0.4) is 0 Å². The van der Waals surface area contributed by atoms with Crippen molar-refractivity contribution in [2.45, 2.75) is 52.7 Å². The van der Waals surface area contributed by atoms with Crippen LogP contribution in [0, 0.1) is 12.8 Å². The third-order valence-corrected chi connectivity index (χ3v) is 4.61. The van der Waals surface area contributed by atoms with Crippen LogP contribution < -0.4 is 5.32 Å². The van der Waals surface area contributed by atoms with Gasteiger partial charge in [0.2, 0.25) is 0 Å². The summed E-state index contributed by atoms with van der Waals surface area (Å²) in [6, 6.07) is 1.27. The summed E-state index contributed by atoms with van der Waals surface area (Å²) in [5.74, 6) is 1.87. The zero-order chi connectivity index (χ0) is 13.8. The summed E-state index contributed by atoms with van der Waals surface area (Å²) in [7, 11) is 0. The highest BCUT2D eigenvalue weighted by atomic mass is 15.2. The SMILES string of the molecule is CCC(C)C1CN(CCn2ccnc2C)C(C)CN1. The summed E-state index contributed by atoms with van der Waals surface area (Å²) >= 11 is 0. The summed E-state index contributed by atoms with van der Waals surface area (Å²) in [4.78, 5) is 6.91. The van der Waals surface area contributed by atoms with Crippen molar-refractivity contribution in [2.75, 3.05) is 19.6 Å². The third kappa shape index (κ3) is 3.57. The molecule has 1 aliphatic rings. The topological polar surface area (TPSA) is 33.1 Å². The zero-order valence-electron chi connectivity index (χ0n) is 12.8. The highest BCUT2D eigenvalue weighted by Gasteiger charge is 2.27. The van der Waals surface area contributed by atoms with Gasteiger partial charge in [0.05, 0.1) is 0 Å². The molecule has 0 radical (unpaired) electrons. The van der Waals surface area contributed by atoms with E-state index in [1.165, 1.54) is 13.0 Å². The molecule has 0 aromatic carbocycles. The molecule has 2 rings (SSSR count). The van der Waals surface area contributed by atoms with Crippen molar-refractivity contribution in [3.63, 3.8) is 0 Å². The van der Waals surface area contributed by atoms with E-state index in [0.717, 1.165) is 31.4 Å². The van der Waals surface area contributed by atoms with Crippen molar-refractivity contribution in [1.82, 2.24) is 19.8 Å². The van der Waals surface area contributed by atoms with Crippen LogP contribution >= 0.6 is 0 Å². The van der Waals surface area contributed by atoms with Crippen LogP contribution in [-0.4, -0.2) is 46.2 Å². The van der Waals surface area contributed by atoms with Crippen LogP contribution in [0.15, 0.2) is 12.4 Å². The number of hydrogen-bond donors (Lipinski definition) is 1. The highest BCUT2D eigenvalue weighted by Crippen LogP contribution is 2.15. The van der Waals surface area contributed by atoms with Gasteiger partial charge in [-0.15, -0.1) is 0 Å². The molecule has 0 spiro atoms. The Morgan fingerprint density at radius 1 is 1.47 bits per heavy atom. The standard InChI is InChI=1S/C15H28N4/c1-5-12(2)15-11-19(13(3)10-17-15)9-8-18-7-6-16-14(18)4/h6-7,12-13,15,17H,5,8-11H2,1-4H3. The molecule has 1 aromatic rings. The molecule has 1 saturated heterocycles. The molecule has 1 N–H and O–H groups in total. The quantitative estimate of drug-likeness (QED) is 0.882. The molecule has 0 amide bonds. The van der Waals surface area contributed by atoms with Crippen molar-refractivity contribution in [3.05, 3.63) is 18.2 Å². The van der Waals surface area contributed by atoms with Crippen molar-refractivity contribution in [3.8, 4) is 0 Å². The Hall–Kier alpha value is -0.870. The number of imidazole rings is 1. The van der Waals surface area contributed by atoms with Crippen molar-refractivity contribution >= 4 is 0 Å². The first-order valence-corrected chi connectivity index (χ1v) is 7.57. The molecule has 0 bridgehead atoms. The van der Waals surface area contributed by atoms with Crippen LogP contribution in [0.5, 0.6) is 0 Å². The lowest BCUT2D eigenvalue weighted by Crippen LogP contribution is -2.57. The first-order chi connectivity index (χ1) is 9.11. The maximum Gasteiger partial charge on any atom is 0.105 e. The lowest BCUT2D eigenvalue weighted by atomic mass is 9.96. The van der Waals surface area contributed by atoms with E-state index in [-0.39, 0.29) is 0 Å². The summed E-state index contributed by atoms with van der Waals surface area (Å²) in [5.41, 5.74) is 0. The number of aryl methyl sites for hydroxylation is 1. The van der Waals surface area contributed by atoms with Crippen LogP contribution in [0.2, 0.25) is 0 Å². The van der Waals surface area contributed by atoms with Crippen molar-refractivity contribution in [1.29, 1.82) is 0 Å². The number of nitrogens with one attached hydrogen (secondary N) is 1. The maximum atomic E-state index is 4.29. The Kier molecular flexibility index (Phi) is 4.99. The minimum Gasteiger partial charge on any atom is -0.334 e. The number of aromatic nitrogens is 2. The largest absolute Gasteiger partial charge is 0.334 e. The average Bonchev–Trinajstić information content (AvgIpc) is 2.82. The van der Waals surface area contributed by atoms with Crippen LogP contribution in [0.4, 0.5) is 0 Å². The number of nitrogens with zero attached hydrogens (tertiary/aromatic N) is 3. The monoisotopic (exact) mass is 264 g/mol. The Bertz CT molecular complexity index is 387. The van der Waals surface area contributed by atoms with E-state index in [1.807, 2.05) is 6.20 Å². The molecule has 1 fully saturated rings. The lowest BCUT2D eigenvalue weighted by molar-refractivity contribution is 0.114. The predicted molar refractivity (Wildman–Crippen MR) is 79.2 cm³/mol. The molecule has 4 nitrogen and oxygen atoms in total. The molecule has 108 valence electrons. The fourth-order valence-electron chi connectivity index (χ4n) is 2.80. The Morgan fingerprint density at radius 3 is 2.89 bits per heavy atom. The van der Waals surface area contributed by atoms with E-state index in [2.05, 4.69) is 53.7 Å². The number of rotatable bonds is 5. The maximum absolute atomic E-state index is 4.29. The number of hydrogen-bond acceptors (Lipinski definition) is 3. The fourth-order valence-corrected chi connectivity index (χ4v) is 2.80. The van der Waals surface area contributed by atoms with E-state index in [9.17, 15) is 0 Å². The second-order valence-corrected chi connectivity index (χ2v) is 5.91. The summed E-state index contributed by atoms with van der Waals surface area (Å²) < 4.78 is 2.24. The summed E-state index contributed by atoms with van der Waals surface area (Å²) in [6.07, 6.45) is 5.22. The van der Waals surface area contributed by atoms with Gasteiger partial charge >= 0.3 is 0 Å². The van der Waals surface area contributed by atoms with Gasteiger partial charge in [0, 0.05) is 50.7 Å². The van der Waals surface area contributed by atoms with E-state index < -0.39 is 0 Å². The van der Waals surface area contributed by atoms with Gasteiger partial charge in [-0.2, -0.15) is 0 Å². The average molecular weight is 264 g/mol. The predicted octanol–water partition coefficient (Wildman–Crippen LogP) is 1.90. The van der Waals surface area contributed by atoms with Gasteiger partial charge < -0.3 is 9.88 Å². The highest BCUT2D eigenvalue weighted by molar-refractivity contribution is 4.90. The molecule has 0 aliphatic carbocycles. The second-order valence-electron chi connectivity index (χ2n) is 5.91. The van der Waals surface area contributed by atoms with Gasteiger partial charge in [-0.3, -0.25) is 4.90 Å². The van der Waals surface area contributed by atoms with Gasteiger partial charge in [-0.05, 0) is 19.8 Å². The van der Waals surface area contributed by atoms with Gasteiger partial charge in [0.25, 0.3) is 0 Å². The van der Waals surface area contributed by atoms with Gasteiger partial charge in [-0.25, -0.2) is 4.98 Å². The molecule has 1 aromatic heterocycles. The molecule has 0 saturated carbocycles. The molecule has 3 unspecified atom stereocenters. The van der Waals surface area contributed by atoms with Gasteiger partial charge in [0.1, 0.15) is 5.82 Å². The Balaban J connectivity index is 1.89. The second kappa shape index (κ2) is 6.53. The molecular formula is C15H28N4. The lowest BCUT2D eigenvalue weighted by Gasteiger charge is -2.41. The van der Waals surface area contributed by atoms with Crippen LogP contribution in [0.25, 0.3) is 0 Å². The fraction of sp³-hybridized carbons (Fsp3) is 0.800. The first kappa shape index (κ1) is 14.5. The summed E-state index contributed by atoms with van der Waals surface area (Å²) in [5, 5.41) is 3.69. The van der Waals surface area contributed by atoms with Crippen molar-refractivity contribution < 1.29 is 0 Å². The van der Waals surface area contributed by atoms with Gasteiger partial charge in [0.15, 0.2) is 0 Å².